The molecule has 3 saturated heterocycles. The zero-order valence-electron chi connectivity index (χ0n) is 26.6. The number of nitrogens with zero attached hydrogens (tertiary/aromatic N) is 3. The molecule has 1 aromatic carbocycles. The summed E-state index contributed by atoms with van der Waals surface area (Å²) in [6, 6.07) is 6.33. The number of hydrogen-bond acceptors (Lipinski definition) is 8. The van der Waals surface area contributed by atoms with Crippen molar-refractivity contribution in [3.63, 3.8) is 0 Å². The fourth-order valence-electron chi connectivity index (χ4n) is 5.80. The van der Waals surface area contributed by atoms with E-state index in [1.807, 2.05) is 55.2 Å². The van der Waals surface area contributed by atoms with Crippen LogP contribution in [0.25, 0.3) is 0 Å². The number of carbonyl (C=O) groups excluding carboxylic acids is 4. The van der Waals surface area contributed by atoms with Gasteiger partial charge in [-0.1, -0.05) is 42.0 Å². The van der Waals surface area contributed by atoms with E-state index in [1.54, 1.807) is 18.9 Å². The van der Waals surface area contributed by atoms with Gasteiger partial charge in [-0.05, 0) is 45.6 Å². The predicted octanol–water partition coefficient (Wildman–Crippen LogP) is 0.169. The summed E-state index contributed by atoms with van der Waals surface area (Å²) in [5.74, 6) is -1.37. The molecule has 0 unspecified atom stereocenters. The highest BCUT2D eigenvalue weighted by atomic mass is 16.5. The number of ether oxygens (including phenoxy) is 1. The SMILES string of the molecule is CC(C)=CCN1CC(=O)N2CCC[C@H]2C(=O)N(C)[C@@H](C)C(=O)N[C@@H](Cc2ccccc2)C(=O)N[C@H]2CCO[C@H](C1)[C@H]2O.O=CO. The second-order valence-corrected chi connectivity index (χ2v) is 12.0. The first-order valence-corrected chi connectivity index (χ1v) is 15.4. The number of rotatable bonds is 4. The Morgan fingerprint density at radius 1 is 1.07 bits per heavy atom. The second kappa shape index (κ2) is 17.0. The van der Waals surface area contributed by atoms with Crippen molar-refractivity contribution in [1.29, 1.82) is 0 Å². The molecule has 3 aliphatic heterocycles. The maximum atomic E-state index is 13.6. The third-order valence-electron chi connectivity index (χ3n) is 8.52. The highest BCUT2D eigenvalue weighted by Crippen LogP contribution is 2.22. The van der Waals surface area contributed by atoms with E-state index >= 15 is 0 Å². The number of benzene rings is 1. The lowest BCUT2D eigenvalue weighted by molar-refractivity contribution is -0.147. The lowest BCUT2D eigenvalue weighted by Gasteiger charge is -2.38. The molecule has 3 aliphatic rings. The summed E-state index contributed by atoms with van der Waals surface area (Å²) in [7, 11) is 1.56. The molecule has 4 rings (SSSR count). The number of likely N-dealkylation sites (N-methyl/N-ethyl adjacent to an activating group) is 1. The van der Waals surface area contributed by atoms with E-state index in [2.05, 4.69) is 10.6 Å². The molecular formula is C32H47N5O8. The lowest BCUT2D eigenvalue weighted by Crippen LogP contribution is -2.60. The van der Waals surface area contributed by atoms with E-state index in [9.17, 15) is 24.3 Å². The van der Waals surface area contributed by atoms with Gasteiger partial charge in [0.15, 0.2) is 0 Å². The number of fused-ring (bicyclic) bond motifs is 3. The number of allylic oxidation sites excluding steroid dienone is 1. The molecule has 4 amide bonds. The number of nitrogens with one attached hydrogen (secondary N) is 2. The first-order valence-electron chi connectivity index (χ1n) is 15.4. The van der Waals surface area contributed by atoms with Crippen molar-refractivity contribution in [3.05, 3.63) is 47.5 Å². The standard InChI is InChI=1S/C31H45N5O6.CH2O2/c1-20(2)12-15-35-18-26-28(38)23(13-16-42-26)32-30(40)24(17-22-9-6-5-7-10-22)33-29(39)21(3)34(4)31(41)25-11-8-14-36(25)27(37)19-35;2-1-3/h5-7,9-10,12,21,23-26,28,38H,8,11,13-19H2,1-4H3,(H,32,40)(H,33,39);1H,(H,2,3)/t21-,23-,24-,25-,26+,28-;/m0./s1. The van der Waals surface area contributed by atoms with Crippen LogP contribution in [0.4, 0.5) is 0 Å². The molecule has 4 N–H and O–H groups in total. The Morgan fingerprint density at radius 3 is 2.42 bits per heavy atom. The minimum absolute atomic E-state index is 0.0517. The van der Waals surface area contributed by atoms with Crippen LogP contribution in [0.2, 0.25) is 0 Å². The molecule has 13 heteroatoms. The Kier molecular flexibility index (Phi) is 13.5. The monoisotopic (exact) mass is 629 g/mol. The van der Waals surface area contributed by atoms with Crippen LogP contribution in [0, 0.1) is 0 Å². The molecule has 3 fully saturated rings. The van der Waals surface area contributed by atoms with Gasteiger partial charge in [-0.15, -0.1) is 0 Å². The van der Waals surface area contributed by atoms with Crippen molar-refractivity contribution in [2.75, 3.05) is 39.8 Å². The number of aliphatic hydroxyl groups is 1. The number of carboxylic acid groups (broad SMARTS) is 1. The fourth-order valence-corrected chi connectivity index (χ4v) is 5.80. The van der Waals surface area contributed by atoms with Crippen LogP contribution >= 0.6 is 0 Å². The van der Waals surface area contributed by atoms with Crippen molar-refractivity contribution in [3.8, 4) is 0 Å². The van der Waals surface area contributed by atoms with Gasteiger partial charge in [0, 0.05) is 39.7 Å². The Balaban J connectivity index is 0.00000177. The zero-order valence-corrected chi connectivity index (χ0v) is 26.6. The number of carbonyl (C=O) groups is 5. The lowest BCUT2D eigenvalue weighted by atomic mass is 9.97. The molecule has 6 atom stereocenters. The topological polar surface area (TPSA) is 169 Å². The van der Waals surface area contributed by atoms with Crippen molar-refractivity contribution < 1.29 is 38.9 Å². The van der Waals surface area contributed by atoms with Crippen LogP contribution in [-0.2, 0) is 35.1 Å². The summed E-state index contributed by atoms with van der Waals surface area (Å²) in [5.41, 5.74) is 1.95. The van der Waals surface area contributed by atoms with Crippen LogP contribution in [0.3, 0.4) is 0 Å². The van der Waals surface area contributed by atoms with Gasteiger partial charge in [-0.3, -0.25) is 28.9 Å². The Hall–Kier alpha value is -3.81. The molecule has 2 bridgehead atoms. The van der Waals surface area contributed by atoms with E-state index in [0.717, 1.165) is 11.1 Å². The number of amides is 4. The maximum Gasteiger partial charge on any atom is 0.290 e. The van der Waals surface area contributed by atoms with Gasteiger partial charge in [-0.25, -0.2) is 0 Å². The Bertz CT molecular complexity index is 1210. The Labute approximate surface area is 264 Å². The van der Waals surface area contributed by atoms with Gasteiger partial charge in [-0.2, -0.15) is 0 Å². The van der Waals surface area contributed by atoms with Gasteiger partial charge >= 0.3 is 0 Å². The average molecular weight is 630 g/mol. The first-order chi connectivity index (χ1) is 21.5. The maximum absolute atomic E-state index is 13.6. The zero-order chi connectivity index (χ0) is 33.1. The van der Waals surface area contributed by atoms with E-state index in [4.69, 9.17) is 14.6 Å². The molecule has 13 nitrogen and oxygen atoms in total. The van der Waals surface area contributed by atoms with Gasteiger partial charge in [0.2, 0.25) is 23.6 Å². The summed E-state index contributed by atoms with van der Waals surface area (Å²) >= 11 is 0. The molecular weight excluding hydrogens is 582 g/mol. The molecule has 45 heavy (non-hydrogen) atoms. The Morgan fingerprint density at radius 2 is 1.76 bits per heavy atom. The molecule has 248 valence electrons. The smallest absolute Gasteiger partial charge is 0.290 e. The molecule has 0 saturated carbocycles. The summed E-state index contributed by atoms with van der Waals surface area (Å²) in [6.45, 7) is 6.91. The van der Waals surface area contributed by atoms with Crippen LogP contribution in [0.5, 0.6) is 0 Å². The molecule has 0 radical (unpaired) electrons. The first kappa shape index (κ1) is 35.7. The largest absolute Gasteiger partial charge is 0.483 e. The fraction of sp³-hybridized carbons (Fsp3) is 0.594. The van der Waals surface area contributed by atoms with E-state index in [1.165, 1.54) is 4.90 Å². The minimum atomic E-state index is -1.01. The van der Waals surface area contributed by atoms with E-state index in [-0.39, 0.29) is 37.8 Å². The van der Waals surface area contributed by atoms with Gasteiger partial charge in [0.05, 0.1) is 18.7 Å². The molecule has 0 spiro atoms. The van der Waals surface area contributed by atoms with Crippen molar-refractivity contribution in [2.24, 2.45) is 0 Å². The van der Waals surface area contributed by atoms with Crippen LogP contribution in [0.15, 0.2) is 42.0 Å². The number of aliphatic hydroxyl groups excluding tert-OH is 1. The van der Waals surface area contributed by atoms with Gasteiger partial charge < -0.3 is 35.4 Å². The van der Waals surface area contributed by atoms with Gasteiger partial charge in [0.25, 0.3) is 6.47 Å². The van der Waals surface area contributed by atoms with Crippen LogP contribution in [0.1, 0.15) is 45.6 Å². The summed E-state index contributed by atoms with van der Waals surface area (Å²) in [4.78, 5) is 67.5. The third kappa shape index (κ3) is 9.84. The predicted molar refractivity (Wildman–Crippen MR) is 166 cm³/mol. The number of hydrogen-bond donors (Lipinski definition) is 4. The quantitative estimate of drug-likeness (QED) is 0.268. The molecule has 1 aromatic rings. The normalized spacial score (nSPS) is 28.6. The molecule has 3 heterocycles. The summed E-state index contributed by atoms with van der Waals surface area (Å²) in [5, 5.41) is 24.0. The average Bonchev–Trinajstić information content (AvgIpc) is 3.51. The van der Waals surface area contributed by atoms with Gasteiger partial charge in [0.1, 0.15) is 24.2 Å². The van der Waals surface area contributed by atoms with E-state index < -0.39 is 48.2 Å². The third-order valence-corrected chi connectivity index (χ3v) is 8.52. The summed E-state index contributed by atoms with van der Waals surface area (Å²) < 4.78 is 5.95. The summed E-state index contributed by atoms with van der Waals surface area (Å²) in [6.07, 6.45) is 2.22. The van der Waals surface area contributed by atoms with Crippen molar-refractivity contribution >= 4 is 30.1 Å². The molecule has 0 aromatic heterocycles. The van der Waals surface area contributed by atoms with Crippen LogP contribution in [-0.4, -0.2) is 131 Å². The van der Waals surface area contributed by atoms with Crippen molar-refractivity contribution in [2.45, 2.75) is 82.8 Å². The van der Waals surface area contributed by atoms with E-state index in [0.29, 0.717) is 39.0 Å². The van der Waals surface area contributed by atoms with Crippen molar-refractivity contribution in [1.82, 2.24) is 25.3 Å². The highest BCUT2D eigenvalue weighted by molar-refractivity contribution is 5.94. The highest BCUT2D eigenvalue weighted by Gasteiger charge is 2.41. The second-order valence-electron chi connectivity index (χ2n) is 12.0. The molecule has 0 aliphatic carbocycles. The minimum Gasteiger partial charge on any atom is -0.483 e. The van der Waals surface area contributed by atoms with Crippen LogP contribution < -0.4 is 10.6 Å².